The average Bonchev–Trinajstić information content (AvgIpc) is 2.86. The van der Waals surface area contributed by atoms with Gasteiger partial charge >= 0.3 is 0 Å². The third-order valence-electron chi connectivity index (χ3n) is 3.56. The minimum absolute atomic E-state index is 0.0645. The van der Waals surface area contributed by atoms with Gasteiger partial charge in [0.05, 0.1) is 0 Å². The van der Waals surface area contributed by atoms with Gasteiger partial charge in [0.1, 0.15) is 0 Å². The molecule has 0 aliphatic carbocycles. The van der Waals surface area contributed by atoms with E-state index in [-0.39, 0.29) is 11.3 Å². The van der Waals surface area contributed by atoms with Crippen molar-refractivity contribution in [2.45, 2.75) is 88.5 Å². The van der Waals surface area contributed by atoms with Crippen LogP contribution in [0.15, 0.2) is 60.7 Å². The Morgan fingerprint density at radius 3 is 1.37 bits per heavy atom. The quantitative estimate of drug-likeness (QED) is 0.486. The highest BCUT2D eigenvalue weighted by atomic mass is 16.2. The van der Waals surface area contributed by atoms with E-state index < -0.39 is 0 Å². The molecule has 0 unspecified atom stereocenters. The van der Waals surface area contributed by atoms with E-state index in [4.69, 9.17) is 0 Å². The van der Waals surface area contributed by atoms with Crippen LogP contribution in [0.4, 0.5) is 0 Å². The Balaban J connectivity index is -0.000000296. The molecule has 174 valence electrons. The molecule has 0 saturated heterocycles. The fourth-order valence-corrected chi connectivity index (χ4v) is 2.45. The molecule has 30 heavy (non-hydrogen) atoms. The molecular formula is C28H51NO. The fraction of sp³-hybridized carbons (Fsp3) is 0.536. The molecule has 1 amide bonds. The van der Waals surface area contributed by atoms with E-state index in [9.17, 15) is 4.79 Å². The first-order valence-electron chi connectivity index (χ1n) is 11.9. The molecule has 0 fully saturated rings. The smallest absolute Gasteiger partial charge is 0.253 e. The molecule has 0 spiro atoms. The van der Waals surface area contributed by atoms with Crippen molar-refractivity contribution in [1.82, 2.24) is 4.90 Å². The largest absolute Gasteiger partial charge is 0.341 e. The second-order valence-corrected chi connectivity index (χ2v) is 5.78. The number of rotatable bonds is 4. The van der Waals surface area contributed by atoms with Gasteiger partial charge in [-0.15, -0.1) is 0 Å². The number of likely N-dealkylation sites (N-methyl/N-ethyl adjacent to an activating group) is 1. The van der Waals surface area contributed by atoms with Crippen molar-refractivity contribution in [3.63, 3.8) is 0 Å². The van der Waals surface area contributed by atoms with Gasteiger partial charge in [-0.1, -0.05) is 132 Å². The van der Waals surface area contributed by atoms with Crippen LogP contribution >= 0.6 is 0 Å². The number of hydrogen-bond donors (Lipinski definition) is 0. The first-order valence-corrected chi connectivity index (χ1v) is 11.9. The van der Waals surface area contributed by atoms with Crippen LogP contribution in [0.2, 0.25) is 0 Å². The minimum atomic E-state index is -0.0690. The van der Waals surface area contributed by atoms with Crippen LogP contribution in [-0.2, 0) is 5.41 Å². The lowest BCUT2D eigenvalue weighted by Gasteiger charge is -2.31. The van der Waals surface area contributed by atoms with Gasteiger partial charge in [-0.25, -0.2) is 0 Å². The summed E-state index contributed by atoms with van der Waals surface area (Å²) in [5.74, 6) is 0.0645. The maximum Gasteiger partial charge on any atom is 0.253 e. The molecule has 0 heterocycles. The van der Waals surface area contributed by atoms with Crippen LogP contribution in [0.3, 0.4) is 0 Å². The molecule has 2 aromatic carbocycles. The number of benzene rings is 2. The number of nitrogens with zero attached hydrogens (tertiary/aromatic N) is 1. The Kier molecular flexibility index (Phi) is 29.4. The summed E-state index contributed by atoms with van der Waals surface area (Å²) in [6, 6.07) is 19.7. The number of carbonyl (C=O) groups excluding carboxylic acids is 1. The van der Waals surface area contributed by atoms with Crippen molar-refractivity contribution in [3.8, 4) is 0 Å². The van der Waals surface area contributed by atoms with Crippen LogP contribution in [0.25, 0.3) is 0 Å². The standard InChI is InChI=1S/C18H21NO.5C2H6/c1-18(2,16-12-8-5-9-13-16)14-19(3)17(20)15-10-6-4-7-11-15;5*1-2/h4-13H,14H2,1-3H3;5*1-2H3. The highest BCUT2D eigenvalue weighted by Crippen LogP contribution is 2.24. The van der Waals surface area contributed by atoms with Gasteiger partial charge in [0.25, 0.3) is 5.91 Å². The number of carbonyl (C=O) groups is 1. The lowest BCUT2D eigenvalue weighted by atomic mass is 9.84. The predicted octanol–water partition coefficient (Wildman–Crippen LogP) is 8.87. The summed E-state index contributed by atoms with van der Waals surface area (Å²) in [7, 11) is 1.86. The van der Waals surface area contributed by atoms with Gasteiger partial charge in [-0.2, -0.15) is 0 Å². The van der Waals surface area contributed by atoms with Crippen molar-refractivity contribution in [1.29, 1.82) is 0 Å². The predicted molar refractivity (Wildman–Crippen MR) is 140 cm³/mol. The third-order valence-corrected chi connectivity index (χ3v) is 3.56. The Hall–Kier alpha value is -2.09. The van der Waals surface area contributed by atoms with E-state index in [1.54, 1.807) is 4.90 Å². The molecule has 0 atom stereocenters. The van der Waals surface area contributed by atoms with E-state index >= 15 is 0 Å². The summed E-state index contributed by atoms with van der Waals surface area (Å²) in [4.78, 5) is 14.2. The topological polar surface area (TPSA) is 20.3 Å². The van der Waals surface area contributed by atoms with Gasteiger partial charge < -0.3 is 4.90 Å². The lowest BCUT2D eigenvalue weighted by molar-refractivity contribution is 0.0767. The molecule has 0 bridgehead atoms. The fourth-order valence-electron chi connectivity index (χ4n) is 2.45. The van der Waals surface area contributed by atoms with Crippen molar-refractivity contribution < 1.29 is 4.79 Å². The summed E-state index contributed by atoms with van der Waals surface area (Å²) < 4.78 is 0. The van der Waals surface area contributed by atoms with E-state index in [1.165, 1.54) is 5.56 Å². The molecule has 0 aliphatic heterocycles. The van der Waals surface area contributed by atoms with Crippen molar-refractivity contribution in [2.75, 3.05) is 13.6 Å². The monoisotopic (exact) mass is 417 g/mol. The zero-order chi connectivity index (χ0) is 24.6. The maximum absolute atomic E-state index is 12.4. The maximum atomic E-state index is 12.4. The number of hydrogen-bond acceptors (Lipinski definition) is 1. The zero-order valence-electron chi connectivity index (χ0n) is 22.3. The third kappa shape index (κ3) is 14.8. The number of amides is 1. The zero-order valence-corrected chi connectivity index (χ0v) is 22.3. The van der Waals surface area contributed by atoms with E-state index in [0.29, 0.717) is 6.54 Å². The van der Waals surface area contributed by atoms with Crippen LogP contribution in [-0.4, -0.2) is 24.4 Å². The van der Waals surface area contributed by atoms with Gasteiger partial charge in [-0.3, -0.25) is 4.79 Å². The van der Waals surface area contributed by atoms with Crippen LogP contribution in [0.5, 0.6) is 0 Å². The summed E-state index contributed by atoms with van der Waals surface area (Å²) in [6.07, 6.45) is 0. The second-order valence-electron chi connectivity index (χ2n) is 5.78. The van der Waals surface area contributed by atoms with E-state index in [1.807, 2.05) is 125 Å². The second kappa shape index (κ2) is 24.9. The lowest BCUT2D eigenvalue weighted by Crippen LogP contribution is -2.38. The first-order chi connectivity index (χ1) is 14.5. The molecule has 0 radical (unpaired) electrons. The van der Waals surface area contributed by atoms with Gasteiger partial charge in [-0.05, 0) is 17.7 Å². The molecule has 0 aromatic heterocycles. The van der Waals surface area contributed by atoms with Gasteiger partial charge in [0.15, 0.2) is 0 Å². The molecular weight excluding hydrogens is 366 g/mol. The summed E-state index contributed by atoms with van der Waals surface area (Å²) in [5.41, 5.74) is 1.91. The van der Waals surface area contributed by atoms with E-state index in [0.717, 1.165) is 5.56 Å². The Labute approximate surface area is 189 Å². The van der Waals surface area contributed by atoms with Gasteiger partial charge in [0.2, 0.25) is 0 Å². The molecule has 0 aliphatic rings. The SMILES string of the molecule is CC.CC.CC.CC.CC.CN(CC(C)(C)c1ccccc1)C(=O)c1ccccc1. The Morgan fingerprint density at radius 1 is 0.667 bits per heavy atom. The van der Waals surface area contributed by atoms with Crippen molar-refractivity contribution in [3.05, 3.63) is 71.8 Å². The molecule has 2 heteroatoms. The molecule has 2 aromatic rings. The minimum Gasteiger partial charge on any atom is -0.341 e. The van der Waals surface area contributed by atoms with Crippen molar-refractivity contribution >= 4 is 5.91 Å². The van der Waals surface area contributed by atoms with Crippen molar-refractivity contribution in [2.24, 2.45) is 0 Å². The first kappa shape index (κ1) is 35.4. The van der Waals surface area contributed by atoms with Crippen LogP contribution in [0, 0.1) is 0 Å². The molecule has 2 nitrogen and oxygen atoms in total. The Morgan fingerprint density at radius 2 is 1.00 bits per heavy atom. The highest BCUT2D eigenvalue weighted by molar-refractivity contribution is 5.94. The molecule has 2 rings (SSSR count). The molecule has 0 N–H and O–H groups in total. The van der Waals surface area contributed by atoms with Crippen LogP contribution in [0.1, 0.15) is 99.0 Å². The summed E-state index contributed by atoms with van der Waals surface area (Å²) in [5, 5.41) is 0. The van der Waals surface area contributed by atoms with Gasteiger partial charge in [0, 0.05) is 24.6 Å². The summed E-state index contributed by atoms with van der Waals surface area (Å²) >= 11 is 0. The highest BCUT2D eigenvalue weighted by Gasteiger charge is 2.24. The van der Waals surface area contributed by atoms with Crippen LogP contribution < -0.4 is 0 Å². The average molecular weight is 418 g/mol. The summed E-state index contributed by atoms with van der Waals surface area (Å²) in [6.45, 7) is 25.0. The Bertz CT molecular complexity index is 562. The normalized spacial score (nSPS) is 8.43. The van der Waals surface area contributed by atoms with E-state index in [2.05, 4.69) is 26.0 Å². The molecule has 0 saturated carbocycles.